The minimum absolute atomic E-state index is 0.0122. The van der Waals surface area contributed by atoms with E-state index in [-0.39, 0.29) is 73.9 Å². The number of anilines is 2. The minimum Gasteiger partial charge on any atom is -0.507 e. The molecule has 1 atom stereocenters. The third-order valence-electron chi connectivity index (χ3n) is 12.6. The van der Waals surface area contributed by atoms with Crippen molar-refractivity contribution in [1.29, 1.82) is 0 Å². The molecule has 76 heavy (non-hydrogen) atoms. The Balaban J connectivity index is 1.62. The number of unbranched alkanes of at least 4 members (excludes halogenated alkanes) is 2. The molecule has 0 aromatic heterocycles. The standard InChI is InChI=1S/C52H76N4O17S3/c1-51(2,3)23-21-40(43-17-15-41(38-46(43)57)54(25-11-37-75(64,65)66)28-29-71-32-33-73-35-34-72-31-30-70-5)12-9-13-47-52(4,22-10-36-74(61,62)63)44-39-42(76(67,68)69)16-18-45(44)55(47)26-8-6-7-14-48(58)53-24-27-56-49(59)19-20-50(56)60/h9,12-13,15-21,38-39,57H,6-8,10-11,14,22-37H2,1-5H3,(H,53,58)(H,61,62,63)(H,64,65,66)(H,67,68,69)/b12-9+,40-21-,47-13-. The summed E-state index contributed by atoms with van der Waals surface area (Å²) in [6, 6.07) is 9.34. The molecule has 5 N–H and O–H groups in total. The highest BCUT2D eigenvalue weighted by molar-refractivity contribution is 7.86. The van der Waals surface area contributed by atoms with Crippen molar-refractivity contribution in [2.75, 3.05) is 107 Å². The maximum atomic E-state index is 12.7. The average molecular weight is 1130 g/mol. The van der Waals surface area contributed by atoms with Crippen LogP contribution in [0.2, 0.25) is 0 Å². The molecule has 0 saturated carbocycles. The summed E-state index contributed by atoms with van der Waals surface area (Å²) in [6.07, 6.45) is 12.4. The number of carbonyl (C=O) groups is 3. The second-order valence-electron chi connectivity index (χ2n) is 19.8. The van der Waals surface area contributed by atoms with E-state index in [1.807, 2.05) is 35.0 Å². The average Bonchev–Trinajstić information content (AvgIpc) is 3.76. The van der Waals surface area contributed by atoms with E-state index in [2.05, 4.69) is 26.1 Å². The van der Waals surface area contributed by atoms with Crippen LogP contribution in [0.5, 0.6) is 5.75 Å². The van der Waals surface area contributed by atoms with E-state index in [0.717, 1.165) is 4.90 Å². The zero-order chi connectivity index (χ0) is 56.2. The minimum atomic E-state index is -4.67. The number of fused-ring (bicyclic) bond motifs is 1. The van der Waals surface area contributed by atoms with Crippen molar-refractivity contribution in [3.8, 4) is 5.75 Å². The SMILES string of the molecule is COCCOCCOCCOCCN(CCCS(=O)(=O)O)c1ccc(C(=C\CC(C)(C)C)/C=C/C=C2\N(CCCCCC(=O)NCCN3C(=O)C=CC3=O)c3ccc(S(=O)(=O)O)cc3C2(C)CCCS(=O)(=O)O)c(O)c1. The third-order valence-corrected chi connectivity index (χ3v) is 15.0. The molecule has 21 nitrogen and oxygen atoms in total. The van der Waals surface area contributed by atoms with Gasteiger partial charge in [0.15, 0.2) is 0 Å². The Morgan fingerprint density at radius 3 is 2.00 bits per heavy atom. The summed E-state index contributed by atoms with van der Waals surface area (Å²) in [5, 5.41) is 14.5. The molecule has 0 spiro atoms. The molecule has 2 aromatic carbocycles. The normalized spacial score (nSPS) is 16.9. The van der Waals surface area contributed by atoms with Crippen LogP contribution < -0.4 is 15.1 Å². The van der Waals surface area contributed by atoms with Crippen LogP contribution in [-0.2, 0) is 69.1 Å². The predicted octanol–water partition coefficient (Wildman–Crippen LogP) is 5.73. The van der Waals surface area contributed by atoms with Gasteiger partial charge in [0.05, 0.1) is 62.6 Å². The van der Waals surface area contributed by atoms with Gasteiger partial charge in [-0.2, -0.15) is 25.3 Å². The summed E-state index contributed by atoms with van der Waals surface area (Å²) in [5.41, 5.74) is 2.20. The fraction of sp³-hybridized carbons (Fsp3) is 0.558. The smallest absolute Gasteiger partial charge is 0.294 e. The van der Waals surface area contributed by atoms with Gasteiger partial charge in [0.1, 0.15) is 5.75 Å². The molecule has 0 saturated heterocycles. The van der Waals surface area contributed by atoms with E-state index >= 15 is 0 Å². The van der Waals surface area contributed by atoms with E-state index in [1.54, 1.807) is 37.5 Å². The lowest BCUT2D eigenvalue weighted by Gasteiger charge is -2.30. The summed E-state index contributed by atoms with van der Waals surface area (Å²) in [4.78, 5) is 40.9. The number of hydrogen-bond donors (Lipinski definition) is 5. The Morgan fingerprint density at radius 1 is 0.763 bits per heavy atom. The first-order valence-electron chi connectivity index (χ1n) is 25.2. The summed E-state index contributed by atoms with van der Waals surface area (Å²) < 4.78 is 123. The van der Waals surface area contributed by atoms with Gasteiger partial charge in [-0.05, 0) is 98.4 Å². The lowest BCUT2D eigenvalue weighted by molar-refractivity contribution is -0.137. The molecule has 0 aliphatic carbocycles. The quantitative estimate of drug-likeness (QED) is 0.0238. The molecule has 4 rings (SSSR count). The number of benzene rings is 2. The third kappa shape index (κ3) is 21.4. The van der Waals surface area contributed by atoms with E-state index in [1.165, 1.54) is 24.3 Å². The van der Waals surface area contributed by atoms with Crippen molar-refractivity contribution in [2.24, 2.45) is 5.41 Å². The molecule has 1 unspecified atom stereocenters. The number of ether oxygens (including phenoxy) is 4. The molecule has 2 aromatic rings. The highest BCUT2D eigenvalue weighted by atomic mass is 32.2. The topological polar surface area (TPSA) is 293 Å². The number of amides is 3. The molecule has 424 valence electrons. The molecule has 0 fully saturated rings. The number of rotatable bonds is 35. The van der Waals surface area contributed by atoms with E-state index in [0.29, 0.717) is 112 Å². The van der Waals surface area contributed by atoms with Crippen LogP contribution in [0.15, 0.2) is 83.4 Å². The number of imide groups is 1. The van der Waals surface area contributed by atoms with E-state index < -0.39 is 59.1 Å². The highest BCUT2D eigenvalue weighted by Crippen LogP contribution is 2.51. The zero-order valence-corrected chi connectivity index (χ0v) is 46.6. The van der Waals surface area contributed by atoms with Crippen LogP contribution >= 0.6 is 0 Å². The molecule has 0 radical (unpaired) electrons. The second-order valence-corrected chi connectivity index (χ2v) is 24.4. The fourth-order valence-electron chi connectivity index (χ4n) is 8.64. The number of carbonyl (C=O) groups excluding carboxylic acids is 3. The summed E-state index contributed by atoms with van der Waals surface area (Å²) >= 11 is 0. The van der Waals surface area contributed by atoms with Crippen molar-refractivity contribution in [1.82, 2.24) is 10.2 Å². The maximum Gasteiger partial charge on any atom is 0.294 e. The van der Waals surface area contributed by atoms with Crippen molar-refractivity contribution < 1.29 is 77.3 Å². The summed E-state index contributed by atoms with van der Waals surface area (Å²) in [5.74, 6) is -2.24. The van der Waals surface area contributed by atoms with Crippen LogP contribution in [0, 0.1) is 5.41 Å². The molecule has 24 heteroatoms. The molecule has 2 heterocycles. The monoisotopic (exact) mass is 1120 g/mol. The van der Waals surface area contributed by atoms with Gasteiger partial charge in [-0.3, -0.25) is 32.9 Å². The Hall–Kier alpha value is -5.02. The van der Waals surface area contributed by atoms with Crippen LogP contribution in [0.25, 0.3) is 5.57 Å². The molecular weight excluding hydrogens is 1050 g/mol. The number of phenols is 1. The predicted molar refractivity (Wildman–Crippen MR) is 289 cm³/mol. The van der Waals surface area contributed by atoms with Crippen LogP contribution in [0.1, 0.15) is 90.2 Å². The van der Waals surface area contributed by atoms with Gasteiger partial charge >= 0.3 is 0 Å². The first-order chi connectivity index (χ1) is 35.7. The van der Waals surface area contributed by atoms with Crippen LogP contribution in [-0.4, -0.2) is 164 Å². The first-order valence-corrected chi connectivity index (χ1v) is 29.9. The first kappa shape index (κ1) is 63.5. The molecular formula is C52H76N4O17S3. The number of methoxy groups -OCH3 is 1. The zero-order valence-electron chi connectivity index (χ0n) is 44.1. The highest BCUT2D eigenvalue weighted by Gasteiger charge is 2.43. The van der Waals surface area contributed by atoms with E-state index in [4.69, 9.17) is 18.9 Å². The Bertz CT molecular complexity index is 2740. The number of allylic oxidation sites excluding steroid dienone is 6. The van der Waals surface area contributed by atoms with Gasteiger partial charge in [-0.1, -0.05) is 45.4 Å². The van der Waals surface area contributed by atoms with Crippen molar-refractivity contribution in [3.05, 3.63) is 89.7 Å². The van der Waals surface area contributed by atoms with Gasteiger partial charge in [0.25, 0.3) is 42.2 Å². The number of nitrogens with zero attached hydrogens (tertiary/aromatic N) is 3. The summed E-state index contributed by atoms with van der Waals surface area (Å²) in [6.45, 7) is 11.7. The van der Waals surface area contributed by atoms with Crippen molar-refractivity contribution >= 4 is 65.0 Å². The number of hydrogen-bond acceptors (Lipinski definition) is 16. The summed E-state index contributed by atoms with van der Waals surface area (Å²) in [7, 11) is -11.7. The lowest BCUT2D eigenvalue weighted by Crippen LogP contribution is -2.38. The maximum absolute atomic E-state index is 12.7. The molecule has 2 aliphatic rings. The van der Waals surface area contributed by atoms with Crippen molar-refractivity contribution in [2.45, 2.75) is 89.4 Å². The Morgan fingerprint density at radius 2 is 1.39 bits per heavy atom. The largest absolute Gasteiger partial charge is 0.507 e. The Labute approximate surface area is 448 Å². The van der Waals surface area contributed by atoms with Crippen LogP contribution in [0.4, 0.5) is 11.4 Å². The van der Waals surface area contributed by atoms with Gasteiger partial charge in [-0.25, -0.2) is 0 Å². The van der Waals surface area contributed by atoms with Gasteiger partial charge in [0.2, 0.25) is 5.91 Å². The molecule has 0 bridgehead atoms. The van der Waals surface area contributed by atoms with Crippen LogP contribution in [0.3, 0.4) is 0 Å². The van der Waals surface area contributed by atoms with Gasteiger partial charge < -0.3 is 39.2 Å². The molecule has 2 aliphatic heterocycles. The van der Waals surface area contributed by atoms with Gasteiger partial charge in [0, 0.05) is 92.5 Å². The van der Waals surface area contributed by atoms with E-state index in [9.17, 15) is 58.4 Å². The second kappa shape index (κ2) is 29.6. The lowest BCUT2D eigenvalue weighted by atomic mass is 9.77. The Kier molecular flexibility index (Phi) is 24.8. The molecule has 3 amide bonds. The number of aromatic hydroxyl groups is 1. The fourth-order valence-corrected chi connectivity index (χ4v) is 10.1. The van der Waals surface area contributed by atoms with Crippen molar-refractivity contribution in [3.63, 3.8) is 0 Å². The number of phenolic OH excluding ortho intramolecular Hbond substituents is 1. The van der Waals surface area contributed by atoms with Gasteiger partial charge in [-0.15, -0.1) is 0 Å². The number of nitrogens with one attached hydrogen (secondary N) is 1.